The van der Waals surface area contributed by atoms with Crippen molar-refractivity contribution in [2.24, 2.45) is 0 Å². The van der Waals surface area contributed by atoms with Gasteiger partial charge in [0.05, 0.1) is 18.7 Å². The van der Waals surface area contributed by atoms with E-state index < -0.39 is 0 Å². The number of tetrazole rings is 1. The van der Waals surface area contributed by atoms with E-state index in [2.05, 4.69) is 63.4 Å². The Morgan fingerprint density at radius 2 is 1.93 bits per heavy atom. The van der Waals surface area contributed by atoms with E-state index in [0.717, 1.165) is 64.5 Å². The molecule has 2 aliphatic heterocycles. The summed E-state index contributed by atoms with van der Waals surface area (Å²) in [5.41, 5.74) is 2.53. The van der Waals surface area contributed by atoms with Gasteiger partial charge in [-0.3, -0.25) is 4.90 Å². The van der Waals surface area contributed by atoms with Crippen molar-refractivity contribution in [2.45, 2.75) is 45.4 Å². The Morgan fingerprint density at radius 1 is 1.15 bits per heavy atom. The molecule has 1 aromatic heterocycles. The second kappa shape index (κ2) is 8.46. The van der Waals surface area contributed by atoms with Crippen LogP contribution in [0.4, 0.5) is 0 Å². The third-order valence-electron chi connectivity index (χ3n) is 5.82. The average Bonchev–Trinajstić information content (AvgIpc) is 3.37. The highest BCUT2D eigenvalue weighted by molar-refractivity contribution is 5.28. The smallest absolute Gasteiger partial charge is 0.173 e. The van der Waals surface area contributed by atoms with E-state index in [1.54, 1.807) is 0 Å². The first-order chi connectivity index (χ1) is 13.2. The van der Waals surface area contributed by atoms with Gasteiger partial charge in [0.15, 0.2) is 5.82 Å². The van der Waals surface area contributed by atoms with Gasteiger partial charge in [-0.1, -0.05) is 36.8 Å². The SMILES string of the molecule is CCN1CCN([C@@H](c2ccc(C)cc2)c2nnnn2C[C@@H]2CCCO2)CC1. The number of ether oxygens (including phenoxy) is 1. The topological polar surface area (TPSA) is 59.3 Å². The summed E-state index contributed by atoms with van der Waals surface area (Å²) in [5, 5.41) is 12.8. The fraction of sp³-hybridized carbons (Fsp3) is 0.650. The minimum absolute atomic E-state index is 0.0843. The molecule has 7 heteroatoms. The first-order valence-corrected chi connectivity index (χ1v) is 10.1. The van der Waals surface area contributed by atoms with Crippen molar-refractivity contribution in [3.05, 3.63) is 41.2 Å². The minimum atomic E-state index is 0.0843. The molecule has 4 rings (SSSR count). The molecule has 2 aromatic rings. The molecule has 1 aromatic carbocycles. The van der Waals surface area contributed by atoms with Gasteiger partial charge in [-0.25, -0.2) is 4.68 Å². The number of piperazine rings is 1. The molecule has 27 heavy (non-hydrogen) atoms. The number of hydrogen-bond donors (Lipinski definition) is 0. The Morgan fingerprint density at radius 3 is 2.59 bits per heavy atom. The maximum Gasteiger partial charge on any atom is 0.173 e. The Bertz CT molecular complexity index is 716. The van der Waals surface area contributed by atoms with Crippen LogP contribution in [-0.4, -0.2) is 75.4 Å². The molecule has 0 aliphatic carbocycles. The van der Waals surface area contributed by atoms with Crippen LogP contribution in [0.15, 0.2) is 24.3 Å². The van der Waals surface area contributed by atoms with E-state index in [4.69, 9.17) is 4.74 Å². The largest absolute Gasteiger partial charge is 0.376 e. The van der Waals surface area contributed by atoms with Gasteiger partial charge >= 0.3 is 0 Å². The van der Waals surface area contributed by atoms with Gasteiger partial charge in [-0.15, -0.1) is 5.10 Å². The Balaban J connectivity index is 1.62. The summed E-state index contributed by atoms with van der Waals surface area (Å²) in [4.78, 5) is 5.02. The van der Waals surface area contributed by atoms with Crippen molar-refractivity contribution >= 4 is 0 Å². The fourth-order valence-electron chi connectivity index (χ4n) is 4.13. The third kappa shape index (κ3) is 4.20. The average molecular weight is 371 g/mol. The summed E-state index contributed by atoms with van der Waals surface area (Å²) in [6, 6.07) is 8.88. The first-order valence-electron chi connectivity index (χ1n) is 10.1. The molecule has 0 amide bonds. The van der Waals surface area contributed by atoms with Gasteiger partial charge in [0, 0.05) is 32.8 Å². The summed E-state index contributed by atoms with van der Waals surface area (Å²) in [6.45, 7) is 11.3. The molecule has 0 unspecified atom stereocenters. The third-order valence-corrected chi connectivity index (χ3v) is 5.82. The molecule has 2 fully saturated rings. The van der Waals surface area contributed by atoms with Crippen LogP contribution in [0.5, 0.6) is 0 Å². The van der Waals surface area contributed by atoms with Crippen LogP contribution in [0.2, 0.25) is 0 Å². The van der Waals surface area contributed by atoms with Crippen molar-refractivity contribution in [2.75, 3.05) is 39.3 Å². The standard InChI is InChI=1S/C20H30N6O/c1-3-24-10-12-25(13-11-24)19(17-8-6-16(2)7-9-17)20-21-22-23-26(20)15-18-5-4-14-27-18/h6-9,18-19H,3-5,10-15H2,1-2H3/t18-,19-/m0/s1. The molecular formula is C20H30N6O. The Hall–Kier alpha value is -1.83. The number of aromatic nitrogens is 4. The van der Waals surface area contributed by atoms with Crippen molar-refractivity contribution < 1.29 is 4.74 Å². The van der Waals surface area contributed by atoms with E-state index in [-0.39, 0.29) is 12.1 Å². The van der Waals surface area contributed by atoms with Gasteiger partial charge in [0.2, 0.25) is 0 Å². The van der Waals surface area contributed by atoms with E-state index in [1.807, 2.05) is 4.68 Å². The normalized spacial score (nSPS) is 23.0. The van der Waals surface area contributed by atoms with Gasteiger partial charge < -0.3 is 9.64 Å². The van der Waals surface area contributed by atoms with Crippen molar-refractivity contribution in [1.29, 1.82) is 0 Å². The molecule has 2 saturated heterocycles. The zero-order valence-corrected chi connectivity index (χ0v) is 16.4. The first kappa shape index (κ1) is 18.5. The van der Waals surface area contributed by atoms with E-state index in [1.165, 1.54) is 11.1 Å². The number of benzene rings is 1. The molecule has 146 valence electrons. The lowest BCUT2D eigenvalue weighted by molar-refractivity contribution is 0.0861. The second-order valence-electron chi connectivity index (χ2n) is 7.64. The summed E-state index contributed by atoms with van der Waals surface area (Å²) in [5.74, 6) is 0.930. The van der Waals surface area contributed by atoms with Crippen LogP contribution in [0.25, 0.3) is 0 Å². The Kier molecular flexibility index (Phi) is 5.80. The number of aryl methyl sites for hydroxylation is 1. The molecule has 0 saturated carbocycles. The van der Waals surface area contributed by atoms with Crippen LogP contribution >= 0.6 is 0 Å². The van der Waals surface area contributed by atoms with Gasteiger partial charge in [-0.2, -0.15) is 0 Å². The monoisotopic (exact) mass is 370 g/mol. The number of rotatable bonds is 6. The summed E-state index contributed by atoms with van der Waals surface area (Å²) < 4.78 is 7.78. The van der Waals surface area contributed by atoms with Gasteiger partial charge in [-0.05, 0) is 42.3 Å². The van der Waals surface area contributed by atoms with Crippen LogP contribution < -0.4 is 0 Å². The van der Waals surface area contributed by atoms with Crippen LogP contribution in [-0.2, 0) is 11.3 Å². The van der Waals surface area contributed by atoms with Crippen LogP contribution in [0.1, 0.15) is 42.8 Å². The molecular weight excluding hydrogens is 340 g/mol. The van der Waals surface area contributed by atoms with Crippen molar-refractivity contribution in [3.8, 4) is 0 Å². The van der Waals surface area contributed by atoms with E-state index in [9.17, 15) is 0 Å². The Labute approximate surface area is 161 Å². The number of likely N-dealkylation sites (N-methyl/N-ethyl adjacent to an activating group) is 1. The zero-order valence-electron chi connectivity index (χ0n) is 16.4. The lowest BCUT2D eigenvalue weighted by Crippen LogP contribution is -2.48. The molecule has 0 N–H and O–H groups in total. The highest BCUT2D eigenvalue weighted by Gasteiger charge is 2.31. The highest BCUT2D eigenvalue weighted by Crippen LogP contribution is 2.29. The van der Waals surface area contributed by atoms with Gasteiger partial charge in [0.25, 0.3) is 0 Å². The molecule has 0 bridgehead atoms. The lowest BCUT2D eigenvalue weighted by atomic mass is 10.0. The number of hydrogen-bond acceptors (Lipinski definition) is 6. The molecule has 3 heterocycles. The van der Waals surface area contributed by atoms with Crippen molar-refractivity contribution in [1.82, 2.24) is 30.0 Å². The molecule has 0 spiro atoms. The zero-order chi connectivity index (χ0) is 18.6. The van der Waals surface area contributed by atoms with E-state index in [0.29, 0.717) is 0 Å². The lowest BCUT2D eigenvalue weighted by Gasteiger charge is -2.38. The van der Waals surface area contributed by atoms with Crippen molar-refractivity contribution in [3.63, 3.8) is 0 Å². The fourth-order valence-corrected chi connectivity index (χ4v) is 4.13. The minimum Gasteiger partial charge on any atom is -0.376 e. The summed E-state index contributed by atoms with van der Waals surface area (Å²) >= 11 is 0. The summed E-state index contributed by atoms with van der Waals surface area (Å²) in [6.07, 6.45) is 2.44. The second-order valence-corrected chi connectivity index (χ2v) is 7.64. The molecule has 7 nitrogen and oxygen atoms in total. The molecule has 0 radical (unpaired) electrons. The van der Waals surface area contributed by atoms with Crippen LogP contribution in [0, 0.1) is 6.92 Å². The molecule has 2 atom stereocenters. The quantitative estimate of drug-likeness (QED) is 0.774. The highest BCUT2D eigenvalue weighted by atomic mass is 16.5. The van der Waals surface area contributed by atoms with E-state index >= 15 is 0 Å². The predicted octanol–water partition coefficient (Wildman–Crippen LogP) is 1.89. The van der Waals surface area contributed by atoms with Crippen LogP contribution in [0.3, 0.4) is 0 Å². The van der Waals surface area contributed by atoms with Gasteiger partial charge in [0.1, 0.15) is 0 Å². The maximum atomic E-state index is 5.82. The number of nitrogens with zero attached hydrogens (tertiary/aromatic N) is 6. The maximum absolute atomic E-state index is 5.82. The summed E-state index contributed by atoms with van der Waals surface area (Å²) in [7, 11) is 0. The molecule has 2 aliphatic rings. The predicted molar refractivity (Wildman–Crippen MR) is 104 cm³/mol.